The number of carbonyl (C=O) groups is 1. The van der Waals surface area contributed by atoms with Crippen LogP contribution in [0.2, 0.25) is 0 Å². The van der Waals surface area contributed by atoms with Crippen LogP contribution in [0.3, 0.4) is 0 Å². The first-order valence-electron chi connectivity index (χ1n) is 8.25. The lowest BCUT2D eigenvalue weighted by Gasteiger charge is -2.15. The topological polar surface area (TPSA) is 35.5 Å². The molecule has 0 fully saturated rings. The summed E-state index contributed by atoms with van der Waals surface area (Å²) in [7, 11) is 0. The maximum atomic E-state index is 11.8. The van der Waals surface area contributed by atoms with Crippen molar-refractivity contribution >= 4 is 21.9 Å². The van der Waals surface area contributed by atoms with Crippen molar-refractivity contribution in [3.8, 4) is 0 Å². The summed E-state index contributed by atoms with van der Waals surface area (Å²) in [6.45, 7) is 5.24. The third-order valence-electron chi connectivity index (χ3n) is 3.14. The molecule has 0 aromatic rings. The van der Waals surface area contributed by atoms with Gasteiger partial charge in [0.15, 0.2) is 6.10 Å². The van der Waals surface area contributed by atoms with Crippen LogP contribution in [0.25, 0.3) is 0 Å². The molecule has 0 bridgehead atoms. The van der Waals surface area contributed by atoms with E-state index >= 15 is 0 Å². The summed E-state index contributed by atoms with van der Waals surface area (Å²) < 4.78 is 10.9. The van der Waals surface area contributed by atoms with Gasteiger partial charge in [0.1, 0.15) is 0 Å². The van der Waals surface area contributed by atoms with Crippen molar-refractivity contribution in [3.05, 3.63) is 12.2 Å². The zero-order valence-electron chi connectivity index (χ0n) is 13.6. The first-order valence-corrected chi connectivity index (χ1v) is 9.37. The fraction of sp³-hybridized carbons (Fsp3) is 0.824. The molecule has 0 aromatic carbocycles. The lowest BCUT2D eigenvalue weighted by Crippen LogP contribution is -2.26. The number of esters is 1. The van der Waals surface area contributed by atoms with Gasteiger partial charge in [-0.25, -0.2) is 4.79 Å². The predicted octanol–water partition coefficient (Wildman–Crippen LogP) is 5.03. The Bertz CT molecular complexity index is 267. The van der Waals surface area contributed by atoms with Crippen LogP contribution in [-0.2, 0) is 14.3 Å². The molecule has 124 valence electrons. The van der Waals surface area contributed by atoms with E-state index in [-0.39, 0.29) is 5.97 Å². The number of unbranched alkanes of at least 4 members (excludes halogenated alkanes) is 4. The highest BCUT2D eigenvalue weighted by atomic mass is 79.9. The molecule has 0 aliphatic heterocycles. The average Bonchev–Trinajstić information content (AvgIpc) is 2.49. The Labute approximate surface area is 138 Å². The predicted molar refractivity (Wildman–Crippen MR) is 91.9 cm³/mol. The van der Waals surface area contributed by atoms with Gasteiger partial charge in [0.05, 0.1) is 6.61 Å². The van der Waals surface area contributed by atoms with Crippen LogP contribution in [0.5, 0.6) is 0 Å². The van der Waals surface area contributed by atoms with E-state index in [2.05, 4.69) is 35.0 Å². The van der Waals surface area contributed by atoms with Crippen LogP contribution in [0.4, 0.5) is 0 Å². The summed E-state index contributed by atoms with van der Waals surface area (Å²) in [6.07, 6.45) is 12.1. The van der Waals surface area contributed by atoms with Crippen LogP contribution in [-0.4, -0.2) is 30.6 Å². The van der Waals surface area contributed by atoms with Crippen LogP contribution in [0, 0.1) is 0 Å². The zero-order valence-corrected chi connectivity index (χ0v) is 15.2. The minimum atomic E-state index is -0.396. The first-order chi connectivity index (χ1) is 10.3. The summed E-state index contributed by atoms with van der Waals surface area (Å²) in [5, 5.41) is 1.01. The molecule has 3 nitrogen and oxygen atoms in total. The van der Waals surface area contributed by atoms with Crippen LogP contribution < -0.4 is 0 Å². The molecule has 0 saturated carbocycles. The second-order valence-corrected chi connectivity index (χ2v) is 5.85. The van der Waals surface area contributed by atoms with Gasteiger partial charge in [-0.1, -0.05) is 41.9 Å². The van der Waals surface area contributed by atoms with Crippen LogP contribution in [0.1, 0.15) is 65.2 Å². The van der Waals surface area contributed by atoms with E-state index in [0.717, 1.165) is 50.3 Å². The smallest absolute Gasteiger partial charge is 0.335 e. The molecule has 0 amide bonds. The highest BCUT2D eigenvalue weighted by molar-refractivity contribution is 9.09. The lowest BCUT2D eigenvalue weighted by atomic mass is 10.2. The molecule has 1 atom stereocenters. The van der Waals surface area contributed by atoms with E-state index in [1.165, 1.54) is 0 Å². The number of carbonyl (C=O) groups excluding carboxylic acids is 1. The molecule has 4 heteroatoms. The van der Waals surface area contributed by atoms with Gasteiger partial charge in [-0.3, -0.25) is 0 Å². The largest absolute Gasteiger partial charge is 0.464 e. The summed E-state index contributed by atoms with van der Waals surface area (Å²) in [5.41, 5.74) is 0. The molecule has 0 saturated heterocycles. The highest BCUT2D eigenvalue weighted by Crippen LogP contribution is 2.06. The van der Waals surface area contributed by atoms with Crippen molar-refractivity contribution in [2.45, 2.75) is 71.3 Å². The summed E-state index contributed by atoms with van der Waals surface area (Å²) >= 11 is 3.39. The lowest BCUT2D eigenvalue weighted by molar-refractivity contribution is -0.157. The number of alkyl halides is 1. The highest BCUT2D eigenvalue weighted by Gasteiger charge is 2.18. The van der Waals surface area contributed by atoms with E-state index in [4.69, 9.17) is 9.47 Å². The van der Waals surface area contributed by atoms with Crippen molar-refractivity contribution < 1.29 is 14.3 Å². The van der Waals surface area contributed by atoms with E-state index < -0.39 is 6.10 Å². The second kappa shape index (κ2) is 16.0. The van der Waals surface area contributed by atoms with Gasteiger partial charge in [-0.15, -0.1) is 0 Å². The van der Waals surface area contributed by atoms with Gasteiger partial charge in [0.25, 0.3) is 0 Å². The number of rotatable bonds is 14. The number of halogens is 1. The molecule has 0 aliphatic rings. The number of hydrogen-bond donors (Lipinski definition) is 0. The van der Waals surface area contributed by atoms with Crippen LogP contribution in [0.15, 0.2) is 12.2 Å². The average molecular weight is 363 g/mol. The maximum absolute atomic E-state index is 11.8. The van der Waals surface area contributed by atoms with E-state index in [1.807, 2.05) is 6.92 Å². The van der Waals surface area contributed by atoms with Gasteiger partial charge in [0.2, 0.25) is 0 Å². The number of hydrogen-bond acceptors (Lipinski definition) is 3. The van der Waals surface area contributed by atoms with E-state index in [9.17, 15) is 4.79 Å². The van der Waals surface area contributed by atoms with Crippen molar-refractivity contribution in [3.63, 3.8) is 0 Å². The number of allylic oxidation sites excluding steroid dienone is 2. The minimum Gasteiger partial charge on any atom is -0.464 e. The maximum Gasteiger partial charge on any atom is 0.335 e. The Kier molecular flexibility index (Phi) is 15.8. The molecule has 1 unspecified atom stereocenters. The van der Waals surface area contributed by atoms with Crippen molar-refractivity contribution in [1.29, 1.82) is 0 Å². The molecule has 0 spiro atoms. The third-order valence-corrected chi connectivity index (χ3v) is 3.70. The van der Waals surface area contributed by atoms with Crippen molar-refractivity contribution in [2.24, 2.45) is 0 Å². The summed E-state index contributed by atoms with van der Waals surface area (Å²) in [5.74, 6) is -0.206. The monoisotopic (exact) mass is 362 g/mol. The Morgan fingerprint density at radius 3 is 2.48 bits per heavy atom. The van der Waals surface area contributed by atoms with Crippen molar-refractivity contribution in [1.82, 2.24) is 0 Å². The van der Waals surface area contributed by atoms with Gasteiger partial charge >= 0.3 is 5.97 Å². The normalized spacial score (nSPS) is 12.7. The molecule has 0 aromatic heterocycles. The molecule has 0 aliphatic carbocycles. The summed E-state index contributed by atoms with van der Waals surface area (Å²) in [6, 6.07) is 0. The molecule has 0 radical (unpaired) electrons. The second-order valence-electron chi connectivity index (χ2n) is 5.06. The van der Waals surface area contributed by atoms with Crippen molar-refractivity contribution in [2.75, 3.05) is 18.5 Å². The fourth-order valence-electron chi connectivity index (χ4n) is 1.87. The van der Waals surface area contributed by atoms with E-state index in [1.54, 1.807) is 0 Å². The van der Waals surface area contributed by atoms with Gasteiger partial charge in [-0.05, 0) is 51.4 Å². The molecular formula is C17H31BrO3. The van der Waals surface area contributed by atoms with E-state index in [0.29, 0.717) is 19.6 Å². The molecule has 0 rings (SSSR count). The van der Waals surface area contributed by atoms with Gasteiger partial charge < -0.3 is 9.47 Å². The first kappa shape index (κ1) is 20.6. The Balaban J connectivity index is 3.63. The molecular weight excluding hydrogens is 332 g/mol. The SMILES string of the molecule is CC/C=C\CCCCOC(CC)C(=O)OCCCCCBr. The quantitative estimate of drug-likeness (QED) is 0.188. The van der Waals surface area contributed by atoms with Gasteiger partial charge in [0, 0.05) is 11.9 Å². The number of ether oxygens (including phenoxy) is 2. The fourth-order valence-corrected chi connectivity index (χ4v) is 2.26. The summed E-state index contributed by atoms with van der Waals surface area (Å²) in [4.78, 5) is 11.8. The minimum absolute atomic E-state index is 0.206. The van der Waals surface area contributed by atoms with Gasteiger partial charge in [-0.2, -0.15) is 0 Å². The molecule has 0 N–H and O–H groups in total. The zero-order chi connectivity index (χ0) is 15.8. The Morgan fingerprint density at radius 2 is 1.81 bits per heavy atom. The Hall–Kier alpha value is -0.350. The van der Waals surface area contributed by atoms with Crippen LogP contribution >= 0.6 is 15.9 Å². The molecule has 21 heavy (non-hydrogen) atoms. The Morgan fingerprint density at radius 1 is 1.05 bits per heavy atom. The third kappa shape index (κ3) is 13.1. The standard InChI is InChI=1S/C17H31BrO3/c1-3-5-6-7-8-11-14-20-16(4-2)17(19)21-15-12-9-10-13-18/h5-6,16H,3-4,7-15H2,1-2H3/b6-5-. The molecule has 0 heterocycles.